The van der Waals surface area contributed by atoms with Gasteiger partial charge in [-0.05, 0) is 38.0 Å². The molecule has 1 saturated heterocycles. The molecule has 158 valence electrons. The molecular formula is C21H23N3O6. The minimum Gasteiger partial charge on any atom is -0.449 e. The predicted molar refractivity (Wildman–Crippen MR) is 104 cm³/mol. The van der Waals surface area contributed by atoms with Gasteiger partial charge in [-0.3, -0.25) is 24.2 Å². The molecule has 0 bridgehead atoms. The van der Waals surface area contributed by atoms with Crippen LogP contribution in [0.2, 0.25) is 0 Å². The van der Waals surface area contributed by atoms with Gasteiger partial charge in [0.15, 0.2) is 6.10 Å². The maximum absolute atomic E-state index is 12.9. The van der Waals surface area contributed by atoms with Crippen LogP contribution in [0.1, 0.15) is 70.1 Å². The molecule has 0 spiro atoms. The Hall–Kier alpha value is -3.23. The van der Waals surface area contributed by atoms with Crippen molar-refractivity contribution in [2.45, 2.75) is 51.2 Å². The number of urea groups is 1. The first kappa shape index (κ1) is 20.1. The Labute approximate surface area is 173 Å². The molecule has 5 amide bonds. The summed E-state index contributed by atoms with van der Waals surface area (Å²) in [4.78, 5) is 64.4. The molecule has 1 atom stereocenters. The SMILES string of the molecule is C[C@H](OC(=O)c1ccc2c(c1)C(=O)N(C1CCCCC1)C2=O)C(=O)N1CCNC1=O. The van der Waals surface area contributed by atoms with Crippen molar-refractivity contribution >= 4 is 29.7 Å². The molecule has 0 aromatic heterocycles. The third-order valence-electron chi connectivity index (χ3n) is 5.85. The van der Waals surface area contributed by atoms with E-state index in [1.165, 1.54) is 30.0 Å². The van der Waals surface area contributed by atoms with Crippen molar-refractivity contribution in [3.63, 3.8) is 0 Å². The summed E-state index contributed by atoms with van der Waals surface area (Å²) in [5, 5.41) is 2.51. The number of amides is 5. The lowest BCUT2D eigenvalue weighted by Gasteiger charge is -2.29. The second-order valence-corrected chi connectivity index (χ2v) is 7.80. The van der Waals surface area contributed by atoms with Crippen LogP contribution in [0, 0.1) is 0 Å². The molecule has 9 heteroatoms. The van der Waals surface area contributed by atoms with Crippen molar-refractivity contribution in [3.05, 3.63) is 34.9 Å². The van der Waals surface area contributed by atoms with E-state index in [1.807, 2.05) is 0 Å². The minimum atomic E-state index is -1.16. The fourth-order valence-corrected chi connectivity index (χ4v) is 4.24. The van der Waals surface area contributed by atoms with Crippen LogP contribution in [0.25, 0.3) is 0 Å². The maximum Gasteiger partial charge on any atom is 0.338 e. The predicted octanol–water partition coefficient (Wildman–Crippen LogP) is 1.71. The Morgan fingerprint density at radius 2 is 1.77 bits per heavy atom. The highest BCUT2D eigenvalue weighted by Gasteiger charge is 2.41. The molecule has 1 N–H and O–H groups in total. The van der Waals surface area contributed by atoms with Crippen molar-refractivity contribution in [2.75, 3.05) is 13.1 Å². The minimum absolute atomic E-state index is 0.0749. The number of benzene rings is 1. The Morgan fingerprint density at radius 3 is 2.43 bits per heavy atom. The van der Waals surface area contributed by atoms with Gasteiger partial charge < -0.3 is 10.1 Å². The highest BCUT2D eigenvalue weighted by atomic mass is 16.5. The first-order valence-corrected chi connectivity index (χ1v) is 10.2. The van der Waals surface area contributed by atoms with Gasteiger partial charge in [0.25, 0.3) is 17.7 Å². The summed E-state index contributed by atoms with van der Waals surface area (Å²) in [6.07, 6.45) is 3.50. The molecule has 1 aromatic carbocycles. The molecule has 9 nitrogen and oxygen atoms in total. The summed E-state index contributed by atoms with van der Waals surface area (Å²) in [6, 6.07) is 3.59. The molecule has 2 heterocycles. The summed E-state index contributed by atoms with van der Waals surface area (Å²) in [5.74, 6) is -2.14. The van der Waals surface area contributed by atoms with E-state index in [2.05, 4.69) is 5.32 Å². The van der Waals surface area contributed by atoms with Crippen LogP contribution in [-0.4, -0.2) is 64.8 Å². The molecule has 3 aliphatic rings. The zero-order valence-electron chi connectivity index (χ0n) is 16.7. The highest BCUT2D eigenvalue weighted by molar-refractivity contribution is 6.22. The lowest BCUT2D eigenvalue weighted by molar-refractivity contribution is -0.136. The standard InChI is InChI=1S/C21H23N3O6/c1-12(17(25)23-10-9-22-21(23)29)30-20(28)13-7-8-15-16(11-13)19(27)24(18(15)26)14-5-3-2-4-6-14/h7-8,11-12,14H,2-6,9-10H2,1H3,(H,22,29)/t12-/m0/s1. The van der Waals surface area contributed by atoms with E-state index >= 15 is 0 Å². The average molecular weight is 413 g/mol. The lowest BCUT2D eigenvalue weighted by atomic mass is 9.94. The van der Waals surface area contributed by atoms with Crippen LogP contribution in [0.3, 0.4) is 0 Å². The monoisotopic (exact) mass is 413 g/mol. The number of hydrogen-bond donors (Lipinski definition) is 1. The van der Waals surface area contributed by atoms with E-state index in [1.54, 1.807) is 0 Å². The molecule has 2 fully saturated rings. The third-order valence-corrected chi connectivity index (χ3v) is 5.85. The first-order chi connectivity index (χ1) is 14.4. The Bertz CT molecular complexity index is 937. The zero-order valence-corrected chi connectivity index (χ0v) is 16.7. The van der Waals surface area contributed by atoms with Gasteiger partial charge in [-0.1, -0.05) is 19.3 Å². The number of ether oxygens (including phenoxy) is 1. The summed E-state index contributed by atoms with van der Waals surface area (Å²) in [7, 11) is 0. The average Bonchev–Trinajstić information content (AvgIpc) is 3.28. The first-order valence-electron chi connectivity index (χ1n) is 10.2. The van der Waals surface area contributed by atoms with E-state index in [0.717, 1.165) is 37.0 Å². The van der Waals surface area contributed by atoms with Crippen LogP contribution >= 0.6 is 0 Å². The summed E-state index contributed by atoms with van der Waals surface area (Å²) >= 11 is 0. The zero-order chi connectivity index (χ0) is 21.4. The van der Waals surface area contributed by atoms with Gasteiger partial charge >= 0.3 is 12.0 Å². The van der Waals surface area contributed by atoms with Crippen LogP contribution in [0.5, 0.6) is 0 Å². The number of fused-ring (bicyclic) bond motifs is 1. The Balaban J connectivity index is 1.48. The number of nitrogens with zero attached hydrogens (tertiary/aromatic N) is 2. The number of esters is 1. The lowest BCUT2D eigenvalue weighted by Crippen LogP contribution is -2.41. The molecule has 1 aliphatic carbocycles. The normalized spacial score (nSPS) is 20.2. The van der Waals surface area contributed by atoms with E-state index in [0.29, 0.717) is 6.54 Å². The molecule has 1 aromatic rings. The van der Waals surface area contributed by atoms with E-state index in [9.17, 15) is 24.0 Å². The van der Waals surface area contributed by atoms with Gasteiger partial charge in [-0.2, -0.15) is 0 Å². The molecular weight excluding hydrogens is 390 g/mol. The van der Waals surface area contributed by atoms with Gasteiger partial charge in [0.05, 0.1) is 16.7 Å². The van der Waals surface area contributed by atoms with Crippen molar-refractivity contribution in [3.8, 4) is 0 Å². The van der Waals surface area contributed by atoms with Crippen LogP contribution in [0.15, 0.2) is 18.2 Å². The number of carbonyl (C=O) groups excluding carboxylic acids is 5. The van der Waals surface area contributed by atoms with Crippen molar-refractivity contribution < 1.29 is 28.7 Å². The number of rotatable bonds is 4. The highest BCUT2D eigenvalue weighted by Crippen LogP contribution is 2.31. The quantitative estimate of drug-likeness (QED) is 0.594. The summed E-state index contributed by atoms with van der Waals surface area (Å²) in [5.41, 5.74) is 0.531. The third kappa shape index (κ3) is 3.44. The second kappa shape index (κ2) is 7.89. The van der Waals surface area contributed by atoms with Crippen molar-refractivity contribution in [1.29, 1.82) is 0 Å². The smallest absolute Gasteiger partial charge is 0.338 e. The van der Waals surface area contributed by atoms with Gasteiger partial charge in [0.1, 0.15) is 0 Å². The molecule has 1 saturated carbocycles. The fraction of sp³-hybridized carbons (Fsp3) is 0.476. The summed E-state index contributed by atoms with van der Waals surface area (Å²) < 4.78 is 5.20. The van der Waals surface area contributed by atoms with Gasteiger partial charge in [0.2, 0.25) is 0 Å². The molecule has 4 rings (SSSR count). The van der Waals surface area contributed by atoms with Crippen LogP contribution in [-0.2, 0) is 9.53 Å². The van der Waals surface area contributed by atoms with Crippen LogP contribution < -0.4 is 5.32 Å². The van der Waals surface area contributed by atoms with E-state index < -0.39 is 29.9 Å². The Morgan fingerprint density at radius 1 is 1.07 bits per heavy atom. The van der Waals surface area contributed by atoms with Crippen molar-refractivity contribution in [2.24, 2.45) is 0 Å². The van der Waals surface area contributed by atoms with Gasteiger partial charge in [-0.15, -0.1) is 0 Å². The van der Waals surface area contributed by atoms with Gasteiger partial charge in [-0.25, -0.2) is 9.59 Å². The second-order valence-electron chi connectivity index (χ2n) is 7.80. The largest absolute Gasteiger partial charge is 0.449 e. The molecule has 30 heavy (non-hydrogen) atoms. The maximum atomic E-state index is 12.9. The van der Waals surface area contributed by atoms with Gasteiger partial charge in [0, 0.05) is 19.1 Å². The van der Waals surface area contributed by atoms with Crippen LogP contribution in [0.4, 0.5) is 4.79 Å². The molecule has 0 radical (unpaired) electrons. The summed E-state index contributed by atoms with van der Waals surface area (Å²) in [6.45, 7) is 1.95. The van der Waals surface area contributed by atoms with E-state index in [4.69, 9.17) is 4.74 Å². The molecule has 2 aliphatic heterocycles. The number of nitrogens with one attached hydrogen (secondary N) is 1. The van der Waals surface area contributed by atoms with Crippen molar-refractivity contribution in [1.82, 2.24) is 15.1 Å². The number of hydrogen-bond acceptors (Lipinski definition) is 6. The number of carbonyl (C=O) groups is 5. The Kier molecular flexibility index (Phi) is 5.27. The topological polar surface area (TPSA) is 113 Å². The fourth-order valence-electron chi connectivity index (χ4n) is 4.24. The molecule has 0 unspecified atom stereocenters. The number of imide groups is 2. The van der Waals surface area contributed by atoms with E-state index in [-0.39, 0.29) is 35.2 Å².